The maximum Gasteiger partial charge on any atom is 0.160 e. The van der Waals surface area contributed by atoms with Gasteiger partial charge in [0.05, 0.1) is 45.6 Å². The number of rotatable bonds is 15. The van der Waals surface area contributed by atoms with Crippen LogP contribution in [0.2, 0.25) is 0 Å². The molecule has 0 N–H and O–H groups in total. The molecule has 0 aliphatic rings. The zero-order valence-electron chi connectivity index (χ0n) is 68.7. The van der Waals surface area contributed by atoms with Gasteiger partial charge in [0.1, 0.15) is 46.1 Å². The summed E-state index contributed by atoms with van der Waals surface area (Å²) in [6.45, 7) is 0. The minimum Gasteiger partial charge on any atom is -0.455 e. The molecule has 0 radical (unpaired) electrons. The molecule has 13 heteroatoms. The molecule has 598 valence electrons. The topological polar surface area (TPSA) is 188 Å². The summed E-state index contributed by atoms with van der Waals surface area (Å²) >= 11 is 1.83. The number of fused-ring (bicyclic) bond motifs is 6. The van der Waals surface area contributed by atoms with Gasteiger partial charge in [0.15, 0.2) is 17.5 Å². The van der Waals surface area contributed by atoms with Gasteiger partial charge in [-0.3, -0.25) is 9.97 Å². The molecule has 0 atom stereocenters. The van der Waals surface area contributed by atoms with Gasteiger partial charge in [-0.15, -0.1) is 11.3 Å². The third-order valence-corrected chi connectivity index (χ3v) is 23.8. The Morgan fingerprint density at radius 3 is 0.914 bits per heavy atom. The highest BCUT2D eigenvalue weighted by Crippen LogP contribution is 2.44. The van der Waals surface area contributed by atoms with Crippen LogP contribution in [0.1, 0.15) is 16.7 Å². The molecule has 0 saturated heterocycles. The van der Waals surface area contributed by atoms with Crippen molar-refractivity contribution < 1.29 is 4.42 Å². The Morgan fingerprint density at radius 2 is 0.523 bits per heavy atom. The van der Waals surface area contributed by atoms with Crippen LogP contribution >= 0.6 is 11.3 Å². The quantitative estimate of drug-likeness (QED) is 0.0946. The van der Waals surface area contributed by atoms with Crippen molar-refractivity contribution in [2.24, 2.45) is 0 Å². The van der Waals surface area contributed by atoms with Crippen LogP contribution in [0.4, 0.5) is 0 Å². The van der Waals surface area contributed by atoms with Crippen molar-refractivity contribution in [2.45, 2.75) is 0 Å². The maximum atomic E-state index is 10.4. The highest BCUT2D eigenvalue weighted by molar-refractivity contribution is 7.26. The van der Waals surface area contributed by atoms with E-state index in [0.717, 1.165) is 133 Å². The molecule has 0 unspecified atom stereocenters. The molecule has 0 bridgehead atoms. The van der Waals surface area contributed by atoms with Crippen LogP contribution in [0.15, 0.2) is 435 Å². The van der Waals surface area contributed by atoms with E-state index in [1.807, 2.05) is 272 Å². The Labute approximate surface area is 743 Å². The van der Waals surface area contributed by atoms with E-state index in [9.17, 15) is 15.8 Å². The Bertz CT molecular complexity index is 7370. The molecule has 22 aromatic rings. The van der Waals surface area contributed by atoms with E-state index in [-0.39, 0.29) is 0 Å². The van der Waals surface area contributed by atoms with E-state index < -0.39 is 0 Å². The molecule has 0 amide bonds. The minimum atomic E-state index is 0.442. The first kappa shape index (κ1) is 78.8. The summed E-state index contributed by atoms with van der Waals surface area (Å²) in [6, 6.07) is 147. The van der Waals surface area contributed by atoms with Crippen molar-refractivity contribution in [3.63, 3.8) is 0 Å². The van der Waals surface area contributed by atoms with Gasteiger partial charge < -0.3 is 4.42 Å². The molecule has 7 heterocycles. The highest BCUT2D eigenvalue weighted by Gasteiger charge is 2.25. The molecule has 22 rings (SSSR count). The lowest BCUT2D eigenvalue weighted by Crippen LogP contribution is -2.01. The number of benzene rings is 15. The van der Waals surface area contributed by atoms with Crippen molar-refractivity contribution in [3.8, 4) is 187 Å². The van der Waals surface area contributed by atoms with E-state index in [0.29, 0.717) is 68.3 Å². The largest absolute Gasteiger partial charge is 0.455 e. The molecule has 128 heavy (non-hydrogen) atoms. The van der Waals surface area contributed by atoms with Crippen LogP contribution in [0.25, 0.3) is 211 Å². The van der Waals surface area contributed by atoms with Crippen molar-refractivity contribution >= 4 is 53.4 Å². The second-order valence-corrected chi connectivity index (χ2v) is 31.5. The second-order valence-electron chi connectivity index (χ2n) is 30.5. The fraction of sp³-hybridized carbons (Fsp3) is 0. The van der Waals surface area contributed by atoms with Crippen LogP contribution in [0.5, 0.6) is 0 Å². The van der Waals surface area contributed by atoms with Crippen molar-refractivity contribution in [2.75, 3.05) is 0 Å². The summed E-state index contributed by atoms with van der Waals surface area (Å²) in [5, 5.41) is 35.5. The SMILES string of the molecule is N#Cc1c(-c2ccccc2)nc(-c2cc(-c3ccc(-c4ccccn4)cc3)cc(-c3ccc(-c4ccccn4)cc3)c2)nc1-c1ccccc1.N#Cc1c(-c2ccccc2)nc(-c2ccc(-c3cccc4c3oc3ccccc34)cc2)nc1-c1ccccc1.N#Cc1c(-c2ccccc2)nc(-c2ccc(-c3cccc4c3sc3ccccc34)cc2)nc1-c1ccccc1. The number of pyridine rings is 2. The van der Waals surface area contributed by atoms with Gasteiger partial charge in [-0.2, -0.15) is 15.8 Å². The average Bonchev–Trinajstić information content (AvgIpc) is 1.74. The highest BCUT2D eigenvalue weighted by atomic mass is 32.1. The fourth-order valence-corrected chi connectivity index (χ4v) is 17.5. The molecule has 7 aromatic heterocycles. The number of hydrogen-bond acceptors (Lipinski definition) is 13. The Kier molecular flexibility index (Phi) is 22.0. The van der Waals surface area contributed by atoms with Crippen molar-refractivity contribution in [1.82, 2.24) is 39.9 Å². The second kappa shape index (κ2) is 35.8. The van der Waals surface area contributed by atoms with E-state index in [1.54, 1.807) is 0 Å². The van der Waals surface area contributed by atoms with Gasteiger partial charge in [0.25, 0.3) is 0 Å². The summed E-state index contributed by atoms with van der Waals surface area (Å²) in [4.78, 5) is 38.9. The third-order valence-electron chi connectivity index (χ3n) is 22.6. The summed E-state index contributed by atoms with van der Waals surface area (Å²) in [6.07, 6.45) is 3.62. The number of furan rings is 1. The predicted octanol–water partition coefficient (Wildman–Crippen LogP) is 29.1. The van der Waals surface area contributed by atoms with Crippen molar-refractivity contribution in [1.29, 1.82) is 15.8 Å². The fourth-order valence-electron chi connectivity index (χ4n) is 16.3. The van der Waals surface area contributed by atoms with Gasteiger partial charge >= 0.3 is 0 Å². The van der Waals surface area contributed by atoms with Crippen LogP contribution in [0.3, 0.4) is 0 Å². The van der Waals surface area contributed by atoms with Gasteiger partial charge in [-0.1, -0.05) is 364 Å². The Hall–Kier alpha value is -17.7. The molecule has 0 saturated carbocycles. The number of nitriles is 3. The molecule has 0 spiro atoms. The van der Waals surface area contributed by atoms with E-state index in [1.165, 1.54) is 25.7 Å². The molecular weight excluding hydrogens is 1580 g/mol. The van der Waals surface area contributed by atoms with Crippen molar-refractivity contribution in [3.05, 3.63) is 448 Å². The normalized spacial score (nSPS) is 10.9. The maximum absolute atomic E-state index is 10.4. The van der Waals surface area contributed by atoms with Crippen LogP contribution in [-0.4, -0.2) is 39.9 Å². The Morgan fingerprint density at radius 1 is 0.219 bits per heavy atom. The molecule has 0 aliphatic carbocycles. The number of nitrogens with zero attached hydrogens (tertiary/aromatic N) is 11. The van der Waals surface area contributed by atoms with Crippen LogP contribution in [0, 0.1) is 34.0 Å². The lowest BCUT2D eigenvalue weighted by molar-refractivity contribution is 0.670. The monoisotopic (exact) mass is 1650 g/mol. The first-order valence-corrected chi connectivity index (χ1v) is 42.7. The molecule has 12 nitrogen and oxygen atoms in total. The summed E-state index contributed by atoms with van der Waals surface area (Å²) < 4.78 is 8.84. The van der Waals surface area contributed by atoms with E-state index in [2.05, 4.69) is 198 Å². The number of thiophene rings is 1. The van der Waals surface area contributed by atoms with Crippen LogP contribution in [-0.2, 0) is 0 Å². The molecule has 0 aliphatic heterocycles. The zero-order chi connectivity index (χ0) is 86.1. The predicted molar refractivity (Wildman–Crippen MR) is 518 cm³/mol. The lowest BCUT2D eigenvalue weighted by Gasteiger charge is -2.15. The Balaban J connectivity index is 0.000000122. The molecule has 15 aromatic carbocycles. The molecule has 0 fully saturated rings. The number of aromatic nitrogens is 8. The summed E-state index contributed by atoms with van der Waals surface area (Å²) in [5.74, 6) is 1.71. The zero-order valence-corrected chi connectivity index (χ0v) is 69.5. The standard InChI is InChI=1S/C45H29N5.C35H21N3O.C35H21N3S/c46-30-40-43(35-11-3-1-4-12-35)49-45(50-44(40)36-13-5-2-6-14-36)39-28-37(31-17-21-33(22-18-31)41-15-7-9-25-47-41)27-38(29-39)32-19-23-34(24-20-32)42-16-8-10-26-48-42;2*36-22-30-32(24-10-3-1-4-11-24)37-35(38-33(30)25-12-5-2-6-13-25)26-20-18-23(19-21-26)27-15-9-16-29-28-14-7-8-17-31(28)39-34(27)29/h1-29H;2*1-21H. The van der Waals surface area contributed by atoms with Crippen LogP contribution < -0.4 is 0 Å². The smallest absolute Gasteiger partial charge is 0.160 e. The summed E-state index contributed by atoms with van der Waals surface area (Å²) in [7, 11) is 0. The third kappa shape index (κ3) is 16.1. The first-order chi connectivity index (χ1) is 63.3. The van der Waals surface area contributed by atoms with Gasteiger partial charge in [-0.25, -0.2) is 29.9 Å². The first-order valence-electron chi connectivity index (χ1n) is 41.8. The molecular formula is C115H71N11OS. The lowest BCUT2D eigenvalue weighted by atomic mass is 9.94. The van der Waals surface area contributed by atoms with E-state index >= 15 is 0 Å². The summed E-state index contributed by atoms with van der Waals surface area (Å²) in [5.41, 5.74) is 27.3. The minimum absolute atomic E-state index is 0.442. The number of para-hydroxylation sites is 2. The van der Waals surface area contributed by atoms with Gasteiger partial charge in [-0.05, 0) is 93.5 Å². The average molecular weight is 1650 g/mol. The van der Waals surface area contributed by atoms with Gasteiger partial charge in [0.2, 0.25) is 0 Å². The van der Waals surface area contributed by atoms with Gasteiger partial charge in [0, 0.05) is 110 Å². The van der Waals surface area contributed by atoms with E-state index in [4.69, 9.17) is 34.3 Å². The number of hydrogen-bond donors (Lipinski definition) is 0.